The molecule has 19 heavy (non-hydrogen) atoms. The number of benzene rings is 2. The third kappa shape index (κ3) is 2.54. The van der Waals surface area contributed by atoms with Gasteiger partial charge in [0.2, 0.25) is 0 Å². The Balaban J connectivity index is 1.82. The van der Waals surface area contributed by atoms with Gasteiger partial charge in [-0.1, -0.05) is 35.9 Å². The van der Waals surface area contributed by atoms with Crippen LogP contribution in [-0.2, 0) is 5.75 Å². The van der Waals surface area contributed by atoms with E-state index in [9.17, 15) is 0 Å². The fraction of sp³-hybridized carbons (Fsp3) is 0.176. The maximum absolute atomic E-state index is 5.57. The highest BCUT2D eigenvalue weighted by Gasteiger charge is 2.06. The van der Waals surface area contributed by atoms with Gasteiger partial charge in [-0.15, -0.1) is 11.8 Å². The summed E-state index contributed by atoms with van der Waals surface area (Å²) in [6.07, 6.45) is 1.88. The van der Waals surface area contributed by atoms with Crippen LogP contribution in [0.1, 0.15) is 16.7 Å². The second-order valence-corrected chi connectivity index (χ2v) is 5.83. The molecular weight excluding hydrogens is 252 g/mol. The maximum Gasteiger partial charge on any atom is 0.134 e. The summed E-state index contributed by atoms with van der Waals surface area (Å²) in [5.41, 5.74) is 4.90. The monoisotopic (exact) mass is 268 g/mol. The van der Waals surface area contributed by atoms with Crippen molar-refractivity contribution < 1.29 is 4.42 Å². The second-order valence-electron chi connectivity index (χ2n) is 4.81. The minimum absolute atomic E-state index is 0.945. The molecule has 0 radical (unpaired) electrons. The van der Waals surface area contributed by atoms with Gasteiger partial charge in [0.25, 0.3) is 0 Å². The van der Waals surface area contributed by atoms with Gasteiger partial charge >= 0.3 is 0 Å². The van der Waals surface area contributed by atoms with Gasteiger partial charge in [-0.25, -0.2) is 0 Å². The molecule has 3 rings (SSSR count). The van der Waals surface area contributed by atoms with E-state index in [0.717, 1.165) is 11.3 Å². The molecule has 1 nitrogen and oxygen atoms in total. The van der Waals surface area contributed by atoms with E-state index in [1.165, 1.54) is 27.0 Å². The molecule has 0 unspecified atom stereocenters. The summed E-state index contributed by atoms with van der Waals surface area (Å²) in [4.78, 5) is 1.34. The highest BCUT2D eigenvalue weighted by atomic mass is 32.2. The molecule has 0 amide bonds. The van der Waals surface area contributed by atoms with Crippen LogP contribution in [-0.4, -0.2) is 0 Å². The highest BCUT2D eigenvalue weighted by molar-refractivity contribution is 7.98. The van der Waals surface area contributed by atoms with Crippen LogP contribution in [0.3, 0.4) is 0 Å². The maximum atomic E-state index is 5.57. The number of hydrogen-bond donors (Lipinski definition) is 0. The van der Waals surface area contributed by atoms with Crippen molar-refractivity contribution in [3.05, 3.63) is 65.4 Å². The predicted molar refractivity (Wildman–Crippen MR) is 81.7 cm³/mol. The van der Waals surface area contributed by atoms with Gasteiger partial charge in [0, 0.05) is 21.6 Å². The first-order valence-electron chi connectivity index (χ1n) is 6.39. The molecule has 0 saturated carbocycles. The lowest BCUT2D eigenvalue weighted by Gasteiger charge is -2.05. The van der Waals surface area contributed by atoms with E-state index in [-0.39, 0.29) is 0 Å². The van der Waals surface area contributed by atoms with Crippen molar-refractivity contribution in [3.63, 3.8) is 0 Å². The van der Waals surface area contributed by atoms with E-state index in [1.807, 2.05) is 30.2 Å². The molecule has 0 aliphatic heterocycles. The van der Waals surface area contributed by atoms with Gasteiger partial charge in [0.1, 0.15) is 5.58 Å². The standard InChI is InChI=1S/C17H16OS/c1-12-7-8-17(13(2)9-12)19-11-14-10-18-16-6-4-3-5-15(14)16/h3-10H,11H2,1-2H3. The summed E-state index contributed by atoms with van der Waals surface area (Å²) < 4.78 is 5.57. The zero-order valence-electron chi connectivity index (χ0n) is 11.1. The molecule has 2 aromatic carbocycles. The smallest absolute Gasteiger partial charge is 0.134 e. The second kappa shape index (κ2) is 5.14. The van der Waals surface area contributed by atoms with Crippen LogP contribution in [0.4, 0.5) is 0 Å². The summed E-state index contributed by atoms with van der Waals surface area (Å²) in [6, 6.07) is 14.8. The molecule has 0 saturated heterocycles. The summed E-state index contributed by atoms with van der Waals surface area (Å²) >= 11 is 1.87. The van der Waals surface area contributed by atoms with Gasteiger partial charge in [-0.3, -0.25) is 0 Å². The topological polar surface area (TPSA) is 13.1 Å². The van der Waals surface area contributed by atoms with Gasteiger partial charge in [-0.05, 0) is 31.5 Å². The average Bonchev–Trinajstić information content (AvgIpc) is 2.81. The summed E-state index contributed by atoms with van der Waals surface area (Å²) in [5, 5.41) is 1.22. The molecule has 96 valence electrons. The van der Waals surface area contributed by atoms with Crippen LogP contribution >= 0.6 is 11.8 Å². The van der Waals surface area contributed by atoms with Crippen molar-refractivity contribution in [2.75, 3.05) is 0 Å². The summed E-state index contributed by atoms with van der Waals surface area (Å²) in [7, 11) is 0. The Morgan fingerprint density at radius 2 is 1.89 bits per heavy atom. The van der Waals surface area contributed by atoms with Crippen molar-refractivity contribution in [3.8, 4) is 0 Å². The van der Waals surface area contributed by atoms with E-state index >= 15 is 0 Å². The van der Waals surface area contributed by atoms with Crippen molar-refractivity contribution >= 4 is 22.7 Å². The molecule has 0 fully saturated rings. The van der Waals surface area contributed by atoms with Crippen LogP contribution in [0.15, 0.2) is 58.0 Å². The fourth-order valence-corrected chi connectivity index (χ4v) is 3.25. The zero-order valence-corrected chi connectivity index (χ0v) is 12.0. The van der Waals surface area contributed by atoms with E-state index in [0.29, 0.717) is 0 Å². The Bertz CT molecular complexity index is 712. The summed E-state index contributed by atoms with van der Waals surface area (Å²) in [6.45, 7) is 4.30. The van der Waals surface area contributed by atoms with E-state index in [2.05, 4.69) is 44.2 Å². The first-order chi connectivity index (χ1) is 9.24. The van der Waals surface area contributed by atoms with Crippen molar-refractivity contribution in [1.29, 1.82) is 0 Å². The molecule has 0 spiro atoms. The Morgan fingerprint density at radius 3 is 2.74 bits per heavy atom. The largest absolute Gasteiger partial charge is 0.464 e. The van der Waals surface area contributed by atoms with E-state index in [4.69, 9.17) is 4.42 Å². The Hall–Kier alpha value is -1.67. The minimum Gasteiger partial charge on any atom is -0.464 e. The lowest BCUT2D eigenvalue weighted by Crippen LogP contribution is -1.83. The van der Waals surface area contributed by atoms with Crippen LogP contribution in [0, 0.1) is 13.8 Å². The minimum atomic E-state index is 0.945. The quantitative estimate of drug-likeness (QED) is 0.595. The molecule has 0 bridgehead atoms. The van der Waals surface area contributed by atoms with Gasteiger partial charge in [0.15, 0.2) is 0 Å². The highest BCUT2D eigenvalue weighted by Crippen LogP contribution is 2.30. The van der Waals surface area contributed by atoms with Gasteiger partial charge in [-0.2, -0.15) is 0 Å². The van der Waals surface area contributed by atoms with Crippen LogP contribution in [0.25, 0.3) is 11.0 Å². The first-order valence-corrected chi connectivity index (χ1v) is 7.38. The average molecular weight is 268 g/mol. The number of aryl methyl sites for hydroxylation is 2. The number of furan rings is 1. The predicted octanol–water partition coefficient (Wildman–Crippen LogP) is 5.34. The van der Waals surface area contributed by atoms with Gasteiger partial charge < -0.3 is 4.42 Å². The van der Waals surface area contributed by atoms with Crippen LogP contribution in [0.2, 0.25) is 0 Å². The Labute approximate surface area is 117 Å². The van der Waals surface area contributed by atoms with E-state index in [1.54, 1.807) is 0 Å². The molecule has 1 aromatic heterocycles. The third-order valence-corrected chi connectivity index (χ3v) is 4.50. The van der Waals surface area contributed by atoms with Crippen molar-refractivity contribution in [1.82, 2.24) is 0 Å². The first kappa shape index (κ1) is 12.4. The molecule has 0 atom stereocenters. The number of para-hydroxylation sites is 1. The van der Waals surface area contributed by atoms with Gasteiger partial charge in [0.05, 0.1) is 6.26 Å². The molecule has 0 N–H and O–H groups in total. The number of fused-ring (bicyclic) bond motifs is 1. The van der Waals surface area contributed by atoms with Crippen LogP contribution < -0.4 is 0 Å². The van der Waals surface area contributed by atoms with Crippen molar-refractivity contribution in [2.45, 2.75) is 24.5 Å². The third-order valence-electron chi connectivity index (χ3n) is 3.27. The lowest BCUT2D eigenvalue weighted by molar-refractivity contribution is 0.612. The number of rotatable bonds is 3. The molecule has 1 heterocycles. The lowest BCUT2D eigenvalue weighted by atomic mass is 10.2. The fourth-order valence-electron chi connectivity index (χ4n) is 2.26. The number of hydrogen-bond acceptors (Lipinski definition) is 2. The Kier molecular flexibility index (Phi) is 3.34. The Morgan fingerprint density at radius 1 is 1.05 bits per heavy atom. The zero-order chi connectivity index (χ0) is 13.2. The molecule has 3 aromatic rings. The molecule has 2 heteroatoms. The van der Waals surface area contributed by atoms with Crippen molar-refractivity contribution in [2.24, 2.45) is 0 Å². The normalized spacial score (nSPS) is 11.1. The molecular formula is C17H16OS. The number of thioether (sulfide) groups is 1. The van der Waals surface area contributed by atoms with Crippen LogP contribution in [0.5, 0.6) is 0 Å². The SMILES string of the molecule is Cc1ccc(SCc2coc3ccccc23)c(C)c1. The van der Waals surface area contributed by atoms with E-state index < -0.39 is 0 Å². The molecule has 0 aliphatic carbocycles. The molecule has 0 aliphatic rings. The summed E-state index contributed by atoms with van der Waals surface area (Å²) in [5.74, 6) is 0.945.